The summed E-state index contributed by atoms with van der Waals surface area (Å²) in [6, 6.07) is 8.39. The number of likely N-dealkylation sites (N-methyl/N-ethyl adjacent to an activating group) is 1. The first-order valence-corrected chi connectivity index (χ1v) is 6.49. The number of carbonyl (C=O) groups excluding carboxylic acids is 1. The molecule has 0 aliphatic rings. The topological polar surface area (TPSA) is 25.2 Å². The lowest BCUT2D eigenvalue weighted by molar-refractivity contribution is -0.131. The molecule has 0 aliphatic heterocycles. The predicted molar refractivity (Wildman–Crippen MR) is 74.6 cm³/mol. The molecular weight excluding hydrogens is 224 g/mol. The minimum atomic E-state index is 0.180. The summed E-state index contributed by atoms with van der Waals surface area (Å²) in [5.41, 5.74) is 2.35. The van der Waals surface area contributed by atoms with Gasteiger partial charge in [0.05, 0.1) is 0 Å². The first-order valence-electron chi connectivity index (χ1n) is 6.49. The van der Waals surface area contributed by atoms with Crippen LogP contribution in [0.25, 0.3) is 10.9 Å². The van der Waals surface area contributed by atoms with E-state index in [4.69, 9.17) is 0 Å². The molecule has 0 saturated carbocycles. The van der Waals surface area contributed by atoms with Crippen LogP contribution in [0.15, 0.2) is 30.5 Å². The van der Waals surface area contributed by atoms with E-state index in [1.165, 1.54) is 10.9 Å². The largest absolute Gasteiger partial charge is 0.342 e. The molecule has 18 heavy (non-hydrogen) atoms. The molecule has 2 aromatic rings. The van der Waals surface area contributed by atoms with Gasteiger partial charge in [-0.05, 0) is 43.9 Å². The molecule has 3 nitrogen and oxygen atoms in total. The van der Waals surface area contributed by atoms with Crippen molar-refractivity contribution in [3.05, 3.63) is 36.0 Å². The number of fused-ring (bicyclic) bond motifs is 1. The van der Waals surface area contributed by atoms with Crippen LogP contribution < -0.4 is 0 Å². The summed E-state index contributed by atoms with van der Waals surface area (Å²) >= 11 is 0. The van der Waals surface area contributed by atoms with Crippen molar-refractivity contribution in [2.75, 3.05) is 13.1 Å². The second-order valence-corrected chi connectivity index (χ2v) is 4.57. The number of hydrogen-bond donors (Lipinski definition) is 0. The Bertz CT molecular complexity index is 553. The molecule has 96 valence electrons. The van der Waals surface area contributed by atoms with E-state index < -0.39 is 0 Å². The molecule has 0 radical (unpaired) electrons. The molecule has 3 heteroatoms. The fraction of sp³-hybridized carbons (Fsp3) is 0.400. The van der Waals surface area contributed by atoms with Crippen LogP contribution in [0.4, 0.5) is 0 Å². The molecule has 0 unspecified atom stereocenters. The minimum Gasteiger partial charge on any atom is -0.342 e. The Morgan fingerprint density at radius 2 is 1.94 bits per heavy atom. The van der Waals surface area contributed by atoms with E-state index in [1.807, 2.05) is 29.5 Å². The molecule has 1 aromatic carbocycles. The van der Waals surface area contributed by atoms with Gasteiger partial charge in [0.15, 0.2) is 0 Å². The van der Waals surface area contributed by atoms with E-state index in [0.29, 0.717) is 6.54 Å². The Morgan fingerprint density at radius 3 is 2.61 bits per heavy atom. The van der Waals surface area contributed by atoms with Gasteiger partial charge >= 0.3 is 0 Å². The molecule has 0 fully saturated rings. The second-order valence-electron chi connectivity index (χ2n) is 4.57. The van der Waals surface area contributed by atoms with E-state index >= 15 is 0 Å². The van der Waals surface area contributed by atoms with Crippen molar-refractivity contribution in [2.45, 2.75) is 27.3 Å². The predicted octanol–water partition coefficient (Wildman–Crippen LogP) is 2.82. The number of hydrogen-bond acceptors (Lipinski definition) is 1. The Balaban J connectivity index is 2.26. The van der Waals surface area contributed by atoms with Gasteiger partial charge < -0.3 is 9.47 Å². The van der Waals surface area contributed by atoms with Crippen molar-refractivity contribution in [1.82, 2.24) is 9.47 Å². The summed E-state index contributed by atoms with van der Waals surface area (Å²) in [5, 5.41) is 1.19. The molecule has 0 atom stereocenters. The number of rotatable bonds is 4. The first-order chi connectivity index (χ1) is 8.65. The zero-order valence-corrected chi connectivity index (χ0v) is 11.3. The van der Waals surface area contributed by atoms with Gasteiger partial charge in [0.2, 0.25) is 5.91 Å². The lowest BCUT2D eigenvalue weighted by Crippen LogP contribution is -2.33. The average Bonchev–Trinajstić information content (AvgIpc) is 2.73. The molecule has 0 spiro atoms. The lowest BCUT2D eigenvalue weighted by Gasteiger charge is -2.19. The minimum absolute atomic E-state index is 0.180. The van der Waals surface area contributed by atoms with Gasteiger partial charge in [-0.25, -0.2) is 0 Å². The number of aryl methyl sites for hydroxylation is 1. The van der Waals surface area contributed by atoms with Crippen LogP contribution in [0, 0.1) is 6.92 Å². The maximum absolute atomic E-state index is 12.1. The first kappa shape index (κ1) is 12.7. The summed E-state index contributed by atoms with van der Waals surface area (Å²) in [6.07, 6.45) is 1.99. The quantitative estimate of drug-likeness (QED) is 0.812. The molecule has 1 amide bonds. The van der Waals surface area contributed by atoms with Crippen molar-refractivity contribution in [1.29, 1.82) is 0 Å². The van der Waals surface area contributed by atoms with Gasteiger partial charge in [0.25, 0.3) is 0 Å². The standard InChI is InChI=1S/C15H20N2O/c1-4-16(5-2)15(18)11-17-9-8-13-7-6-12(3)10-14(13)17/h6-10H,4-5,11H2,1-3H3. The summed E-state index contributed by atoms with van der Waals surface area (Å²) in [7, 11) is 0. The number of nitrogens with zero attached hydrogens (tertiary/aromatic N) is 2. The third kappa shape index (κ3) is 2.40. The highest BCUT2D eigenvalue weighted by Crippen LogP contribution is 2.17. The number of carbonyl (C=O) groups is 1. The highest BCUT2D eigenvalue weighted by Gasteiger charge is 2.11. The van der Waals surface area contributed by atoms with Gasteiger partial charge in [-0.1, -0.05) is 12.1 Å². The smallest absolute Gasteiger partial charge is 0.242 e. The Morgan fingerprint density at radius 1 is 1.22 bits per heavy atom. The molecule has 2 rings (SSSR count). The summed E-state index contributed by atoms with van der Waals surface area (Å²) in [5.74, 6) is 0.180. The van der Waals surface area contributed by atoms with Crippen LogP contribution in [0.2, 0.25) is 0 Å². The molecule has 0 aliphatic carbocycles. The van der Waals surface area contributed by atoms with Crippen molar-refractivity contribution in [3.8, 4) is 0 Å². The highest BCUT2D eigenvalue weighted by atomic mass is 16.2. The lowest BCUT2D eigenvalue weighted by atomic mass is 10.2. The molecule has 0 N–H and O–H groups in total. The highest BCUT2D eigenvalue weighted by molar-refractivity contribution is 5.83. The van der Waals surface area contributed by atoms with Crippen molar-refractivity contribution in [3.63, 3.8) is 0 Å². The summed E-state index contributed by atoms with van der Waals surface area (Å²) in [4.78, 5) is 14.0. The molecule has 1 heterocycles. The van der Waals surface area contributed by atoms with Crippen LogP contribution >= 0.6 is 0 Å². The van der Waals surface area contributed by atoms with Crippen LogP contribution in [0.5, 0.6) is 0 Å². The fourth-order valence-electron chi connectivity index (χ4n) is 2.25. The van der Waals surface area contributed by atoms with Gasteiger partial charge in [-0.3, -0.25) is 4.79 Å². The number of benzene rings is 1. The van der Waals surface area contributed by atoms with E-state index in [0.717, 1.165) is 18.6 Å². The Labute approximate surface area is 108 Å². The fourth-order valence-corrected chi connectivity index (χ4v) is 2.25. The van der Waals surface area contributed by atoms with E-state index in [9.17, 15) is 4.79 Å². The third-order valence-corrected chi connectivity index (χ3v) is 3.35. The summed E-state index contributed by atoms with van der Waals surface area (Å²) in [6.45, 7) is 8.07. The monoisotopic (exact) mass is 244 g/mol. The normalized spacial score (nSPS) is 10.8. The van der Waals surface area contributed by atoms with Crippen LogP contribution in [-0.2, 0) is 11.3 Å². The molecule has 0 bridgehead atoms. The van der Waals surface area contributed by atoms with Crippen LogP contribution in [0.1, 0.15) is 19.4 Å². The molecule has 0 saturated heterocycles. The van der Waals surface area contributed by atoms with Gasteiger partial charge in [-0.2, -0.15) is 0 Å². The second kappa shape index (κ2) is 5.25. The third-order valence-electron chi connectivity index (χ3n) is 3.35. The zero-order valence-electron chi connectivity index (χ0n) is 11.3. The van der Waals surface area contributed by atoms with E-state index in [1.54, 1.807) is 0 Å². The van der Waals surface area contributed by atoms with Crippen LogP contribution in [0.3, 0.4) is 0 Å². The average molecular weight is 244 g/mol. The Kier molecular flexibility index (Phi) is 3.70. The van der Waals surface area contributed by atoms with Gasteiger partial charge in [0, 0.05) is 24.8 Å². The molecule has 1 aromatic heterocycles. The van der Waals surface area contributed by atoms with E-state index in [2.05, 4.69) is 31.2 Å². The van der Waals surface area contributed by atoms with Gasteiger partial charge in [-0.15, -0.1) is 0 Å². The van der Waals surface area contributed by atoms with E-state index in [-0.39, 0.29) is 5.91 Å². The van der Waals surface area contributed by atoms with Crippen LogP contribution in [-0.4, -0.2) is 28.5 Å². The maximum atomic E-state index is 12.1. The van der Waals surface area contributed by atoms with Crippen molar-refractivity contribution in [2.24, 2.45) is 0 Å². The van der Waals surface area contributed by atoms with Crippen molar-refractivity contribution < 1.29 is 4.79 Å². The maximum Gasteiger partial charge on any atom is 0.242 e. The Hall–Kier alpha value is -1.77. The van der Waals surface area contributed by atoms with Gasteiger partial charge in [0.1, 0.15) is 6.54 Å². The number of aromatic nitrogens is 1. The number of amides is 1. The summed E-state index contributed by atoms with van der Waals surface area (Å²) < 4.78 is 2.03. The van der Waals surface area contributed by atoms with Crippen molar-refractivity contribution >= 4 is 16.8 Å². The zero-order chi connectivity index (χ0) is 13.1. The SMILES string of the molecule is CCN(CC)C(=O)Cn1ccc2ccc(C)cc21. The molecular formula is C15H20N2O.